The van der Waals surface area contributed by atoms with Gasteiger partial charge in [-0.1, -0.05) is 42.5 Å². The number of nitro groups is 1. The number of nitriles is 1. The molecule has 2 rings (SSSR count). The first-order valence-electron chi connectivity index (χ1n) is 5.91. The molecule has 0 fully saturated rings. The molecule has 0 aliphatic rings. The second-order valence-corrected chi connectivity index (χ2v) is 4.14. The van der Waals surface area contributed by atoms with Gasteiger partial charge in [0.25, 0.3) is 5.69 Å². The van der Waals surface area contributed by atoms with E-state index in [1.54, 1.807) is 42.5 Å². The van der Waals surface area contributed by atoms with Gasteiger partial charge in [0.1, 0.15) is 6.07 Å². The van der Waals surface area contributed by atoms with Crippen LogP contribution in [0.4, 0.5) is 5.69 Å². The zero-order chi connectivity index (χ0) is 14.6. The zero-order valence-corrected chi connectivity index (χ0v) is 10.8. The molecule has 0 aromatic heterocycles. The van der Waals surface area contributed by atoms with E-state index in [0.717, 1.165) is 0 Å². The van der Waals surface area contributed by atoms with Crippen molar-refractivity contribution in [3.05, 3.63) is 75.8 Å². The van der Waals surface area contributed by atoms with E-state index in [4.69, 9.17) is 4.74 Å². The highest BCUT2D eigenvalue weighted by Gasteiger charge is 2.39. The predicted octanol–water partition coefficient (Wildman–Crippen LogP) is 3.01. The van der Waals surface area contributed by atoms with Crippen LogP contribution in [-0.2, 0) is 10.3 Å². The van der Waals surface area contributed by atoms with Crippen molar-refractivity contribution in [2.45, 2.75) is 5.60 Å². The molecule has 5 heteroatoms. The summed E-state index contributed by atoms with van der Waals surface area (Å²) in [5.41, 5.74) is -0.856. The molecule has 0 bridgehead atoms. The summed E-state index contributed by atoms with van der Waals surface area (Å²) in [5, 5.41) is 20.8. The second-order valence-electron chi connectivity index (χ2n) is 4.14. The fraction of sp³-hybridized carbons (Fsp3) is 0.133. The molecule has 0 spiro atoms. The van der Waals surface area contributed by atoms with Gasteiger partial charge in [0, 0.05) is 18.7 Å². The first-order valence-corrected chi connectivity index (χ1v) is 5.91. The van der Waals surface area contributed by atoms with Crippen LogP contribution in [-0.4, -0.2) is 12.0 Å². The molecule has 2 aromatic carbocycles. The molecule has 0 heterocycles. The molecule has 0 radical (unpaired) electrons. The summed E-state index contributed by atoms with van der Waals surface area (Å²) in [6.07, 6.45) is 0. The SMILES string of the molecule is COC(C#N)(c1ccccc1)c1ccccc1[N+](=O)[O-]. The minimum Gasteiger partial charge on any atom is -0.355 e. The molecular formula is C15H12N2O3. The van der Waals surface area contributed by atoms with Gasteiger partial charge in [-0.2, -0.15) is 5.26 Å². The maximum absolute atomic E-state index is 11.2. The molecule has 0 saturated heterocycles. The van der Waals surface area contributed by atoms with Crippen LogP contribution >= 0.6 is 0 Å². The molecule has 0 N–H and O–H groups in total. The largest absolute Gasteiger partial charge is 0.355 e. The maximum Gasteiger partial charge on any atom is 0.276 e. The molecule has 0 saturated carbocycles. The first kappa shape index (κ1) is 13.7. The van der Waals surface area contributed by atoms with Crippen LogP contribution in [0.1, 0.15) is 11.1 Å². The number of methoxy groups -OCH3 is 1. The van der Waals surface area contributed by atoms with Gasteiger partial charge in [0.05, 0.1) is 10.5 Å². The van der Waals surface area contributed by atoms with Gasteiger partial charge in [0.2, 0.25) is 5.60 Å². The van der Waals surface area contributed by atoms with Gasteiger partial charge in [-0.05, 0) is 6.07 Å². The highest BCUT2D eigenvalue weighted by atomic mass is 16.6. The Morgan fingerprint density at radius 1 is 1.15 bits per heavy atom. The van der Waals surface area contributed by atoms with Crippen molar-refractivity contribution in [1.82, 2.24) is 0 Å². The Labute approximate surface area is 116 Å². The van der Waals surface area contributed by atoms with Crippen molar-refractivity contribution >= 4 is 5.69 Å². The van der Waals surface area contributed by atoms with E-state index in [0.29, 0.717) is 5.56 Å². The van der Waals surface area contributed by atoms with E-state index < -0.39 is 10.5 Å². The lowest BCUT2D eigenvalue weighted by molar-refractivity contribution is -0.386. The summed E-state index contributed by atoms with van der Waals surface area (Å²) in [4.78, 5) is 10.7. The Balaban J connectivity index is 2.73. The van der Waals surface area contributed by atoms with Crippen molar-refractivity contribution in [2.24, 2.45) is 0 Å². The van der Waals surface area contributed by atoms with Crippen molar-refractivity contribution in [3.8, 4) is 6.07 Å². The maximum atomic E-state index is 11.2. The molecule has 100 valence electrons. The first-order chi connectivity index (χ1) is 9.65. The molecule has 0 amide bonds. The lowest BCUT2D eigenvalue weighted by atomic mass is 9.86. The summed E-state index contributed by atoms with van der Waals surface area (Å²) in [7, 11) is 1.37. The number of hydrogen-bond acceptors (Lipinski definition) is 4. The highest BCUT2D eigenvalue weighted by molar-refractivity contribution is 5.53. The summed E-state index contributed by atoms with van der Waals surface area (Å²) in [6, 6.07) is 16.9. The van der Waals surface area contributed by atoms with Crippen LogP contribution in [0.25, 0.3) is 0 Å². The average Bonchev–Trinajstić information content (AvgIpc) is 2.50. The molecule has 0 aliphatic heterocycles. The molecule has 20 heavy (non-hydrogen) atoms. The van der Waals surface area contributed by atoms with Crippen LogP contribution in [0.5, 0.6) is 0 Å². The summed E-state index contributed by atoms with van der Waals surface area (Å²) < 4.78 is 5.38. The van der Waals surface area contributed by atoms with Gasteiger partial charge >= 0.3 is 0 Å². The van der Waals surface area contributed by atoms with E-state index in [1.165, 1.54) is 19.2 Å². The summed E-state index contributed by atoms with van der Waals surface area (Å²) in [6.45, 7) is 0. The van der Waals surface area contributed by atoms with Crippen LogP contribution in [0, 0.1) is 21.4 Å². The number of ether oxygens (including phenoxy) is 1. The standard InChI is InChI=1S/C15H12N2O3/c1-20-15(11-16,12-7-3-2-4-8-12)13-9-5-6-10-14(13)17(18)19/h2-10H,1H3. The topological polar surface area (TPSA) is 76.2 Å². The summed E-state index contributed by atoms with van der Waals surface area (Å²) >= 11 is 0. The van der Waals surface area contributed by atoms with Crippen molar-refractivity contribution in [1.29, 1.82) is 5.26 Å². The Hall–Kier alpha value is -2.71. The monoisotopic (exact) mass is 268 g/mol. The zero-order valence-electron chi connectivity index (χ0n) is 10.8. The molecule has 2 aromatic rings. The third kappa shape index (κ3) is 2.13. The number of nitro benzene ring substituents is 1. The van der Waals surface area contributed by atoms with Crippen molar-refractivity contribution in [3.63, 3.8) is 0 Å². The Kier molecular flexibility index (Phi) is 3.78. The third-order valence-electron chi connectivity index (χ3n) is 3.12. The van der Waals surface area contributed by atoms with Crippen LogP contribution < -0.4 is 0 Å². The van der Waals surface area contributed by atoms with Gasteiger partial charge in [-0.15, -0.1) is 0 Å². The fourth-order valence-electron chi connectivity index (χ4n) is 2.16. The van der Waals surface area contributed by atoms with Gasteiger partial charge in [-0.25, -0.2) is 0 Å². The van der Waals surface area contributed by atoms with Crippen LogP contribution in [0.3, 0.4) is 0 Å². The lowest BCUT2D eigenvalue weighted by Gasteiger charge is -2.25. The number of para-hydroxylation sites is 1. The highest BCUT2D eigenvalue weighted by Crippen LogP contribution is 2.37. The van der Waals surface area contributed by atoms with E-state index >= 15 is 0 Å². The second kappa shape index (κ2) is 5.51. The Morgan fingerprint density at radius 2 is 1.75 bits per heavy atom. The Morgan fingerprint density at radius 3 is 2.30 bits per heavy atom. The van der Waals surface area contributed by atoms with E-state index in [2.05, 4.69) is 6.07 Å². The number of rotatable bonds is 4. The molecule has 1 unspecified atom stereocenters. The van der Waals surface area contributed by atoms with Crippen molar-refractivity contribution in [2.75, 3.05) is 7.11 Å². The number of hydrogen-bond donors (Lipinski definition) is 0. The van der Waals surface area contributed by atoms with Crippen molar-refractivity contribution < 1.29 is 9.66 Å². The van der Waals surface area contributed by atoms with Gasteiger partial charge in [0.15, 0.2) is 0 Å². The van der Waals surface area contributed by atoms with Gasteiger partial charge < -0.3 is 4.74 Å². The van der Waals surface area contributed by atoms with E-state index in [9.17, 15) is 15.4 Å². The average molecular weight is 268 g/mol. The molecule has 0 aliphatic carbocycles. The van der Waals surface area contributed by atoms with Gasteiger partial charge in [-0.3, -0.25) is 10.1 Å². The third-order valence-corrected chi connectivity index (χ3v) is 3.12. The van der Waals surface area contributed by atoms with E-state index in [1.807, 2.05) is 0 Å². The quantitative estimate of drug-likeness (QED) is 0.631. The number of nitrogens with zero attached hydrogens (tertiary/aromatic N) is 2. The normalized spacial score (nSPS) is 13.2. The molecule has 1 atom stereocenters. The minimum atomic E-state index is -1.50. The van der Waals surface area contributed by atoms with Crippen LogP contribution in [0.2, 0.25) is 0 Å². The smallest absolute Gasteiger partial charge is 0.276 e. The minimum absolute atomic E-state index is 0.139. The molecule has 5 nitrogen and oxygen atoms in total. The number of benzene rings is 2. The lowest BCUT2D eigenvalue weighted by Crippen LogP contribution is -2.29. The predicted molar refractivity (Wildman–Crippen MR) is 72.9 cm³/mol. The molecular weight excluding hydrogens is 256 g/mol. The Bertz CT molecular complexity index is 664. The summed E-state index contributed by atoms with van der Waals surface area (Å²) in [5.74, 6) is 0. The fourth-order valence-corrected chi connectivity index (χ4v) is 2.16. The van der Waals surface area contributed by atoms with Crippen LogP contribution in [0.15, 0.2) is 54.6 Å². The van der Waals surface area contributed by atoms with E-state index in [-0.39, 0.29) is 11.3 Å².